The molecule has 0 spiro atoms. The zero-order valence-corrected chi connectivity index (χ0v) is 15.1. The van der Waals surface area contributed by atoms with Crippen LogP contribution in [0.3, 0.4) is 0 Å². The second-order valence-electron chi connectivity index (χ2n) is 5.65. The first-order valence-corrected chi connectivity index (χ1v) is 8.76. The van der Waals surface area contributed by atoms with Crippen molar-refractivity contribution in [2.75, 3.05) is 5.32 Å². The van der Waals surface area contributed by atoms with Gasteiger partial charge in [0.1, 0.15) is 0 Å². The Morgan fingerprint density at radius 3 is 2.55 bits per heavy atom. The first-order chi connectivity index (χ1) is 9.98. The molecule has 0 saturated heterocycles. The lowest BCUT2D eigenvalue weighted by atomic mass is 9.98. The van der Waals surface area contributed by atoms with E-state index in [1.165, 1.54) is 16.2 Å². The maximum Gasteiger partial charge on any atom is 0.246 e. The molecule has 0 radical (unpaired) electrons. The molecule has 0 aromatic carbocycles. The maximum atomic E-state index is 12.3. The third-order valence-corrected chi connectivity index (χ3v) is 5.83. The van der Waals surface area contributed by atoms with Gasteiger partial charge >= 0.3 is 0 Å². The molecular formula is C15H20ClN3OS2. The zero-order valence-electron chi connectivity index (χ0n) is 12.6. The van der Waals surface area contributed by atoms with Crippen LogP contribution >= 0.6 is 35.1 Å². The molecule has 2 aromatic heterocycles. The number of nitrogens with zero attached hydrogens (tertiary/aromatic N) is 1. The molecule has 22 heavy (non-hydrogen) atoms. The lowest BCUT2D eigenvalue weighted by Crippen LogP contribution is -2.48. The third kappa shape index (κ3) is 3.35. The summed E-state index contributed by atoms with van der Waals surface area (Å²) in [6.07, 6.45) is 3.58. The van der Waals surface area contributed by atoms with Gasteiger partial charge in [-0.1, -0.05) is 12.8 Å². The van der Waals surface area contributed by atoms with Crippen LogP contribution in [0.2, 0.25) is 0 Å². The van der Waals surface area contributed by atoms with Gasteiger partial charge in [-0.2, -0.15) is 0 Å². The number of carbonyl (C=O) groups excluding carboxylic acids is 1. The molecule has 3 rings (SSSR count). The number of carbonyl (C=O) groups is 1. The summed E-state index contributed by atoms with van der Waals surface area (Å²) >= 11 is 3.23. The fourth-order valence-corrected chi connectivity index (χ4v) is 4.50. The standard InChI is InChI=1S/C15H19N3OS2.ClH/c1-9-5-6-11(20-9)12-10(2)21-14(17-12)18-13(19)15(16)7-3-4-8-15;/h5-6H,3-4,7-8,16H2,1-2H3,(H,17,18,19);1H. The second-order valence-corrected chi connectivity index (χ2v) is 8.14. The lowest BCUT2D eigenvalue weighted by molar-refractivity contribution is -0.121. The first kappa shape index (κ1) is 17.4. The highest BCUT2D eigenvalue weighted by molar-refractivity contribution is 7.18. The van der Waals surface area contributed by atoms with Gasteiger partial charge < -0.3 is 11.1 Å². The van der Waals surface area contributed by atoms with Crippen molar-refractivity contribution in [3.8, 4) is 10.6 Å². The molecule has 1 aliphatic rings. The zero-order chi connectivity index (χ0) is 15.0. The van der Waals surface area contributed by atoms with Gasteiger partial charge in [0.2, 0.25) is 5.91 Å². The van der Waals surface area contributed by atoms with E-state index in [-0.39, 0.29) is 18.3 Å². The van der Waals surface area contributed by atoms with Crippen LogP contribution in [0.15, 0.2) is 12.1 Å². The van der Waals surface area contributed by atoms with Crippen LogP contribution in [0.1, 0.15) is 35.4 Å². The molecule has 2 aromatic rings. The molecular weight excluding hydrogens is 338 g/mol. The summed E-state index contributed by atoms with van der Waals surface area (Å²) in [4.78, 5) is 20.4. The minimum absolute atomic E-state index is 0. The van der Waals surface area contributed by atoms with E-state index in [0.717, 1.165) is 41.1 Å². The van der Waals surface area contributed by atoms with Crippen LogP contribution < -0.4 is 11.1 Å². The van der Waals surface area contributed by atoms with Gasteiger partial charge in [-0.25, -0.2) is 4.98 Å². The monoisotopic (exact) mass is 357 g/mol. The highest BCUT2D eigenvalue weighted by Gasteiger charge is 2.37. The topological polar surface area (TPSA) is 68.0 Å². The third-order valence-electron chi connectivity index (χ3n) is 3.94. The SMILES string of the molecule is Cc1ccc(-c2nc(NC(=O)C3(N)CCCC3)sc2C)s1.Cl. The normalized spacial score (nSPS) is 16.3. The van der Waals surface area contributed by atoms with Gasteiger partial charge in [0, 0.05) is 9.75 Å². The Labute approximate surface area is 144 Å². The van der Waals surface area contributed by atoms with Crippen LogP contribution in [-0.2, 0) is 4.79 Å². The molecule has 7 heteroatoms. The van der Waals surface area contributed by atoms with E-state index in [0.29, 0.717) is 5.13 Å². The van der Waals surface area contributed by atoms with Crippen LogP contribution in [0.4, 0.5) is 5.13 Å². The van der Waals surface area contributed by atoms with Crippen LogP contribution in [-0.4, -0.2) is 16.4 Å². The summed E-state index contributed by atoms with van der Waals surface area (Å²) in [5, 5.41) is 3.56. The van der Waals surface area contributed by atoms with Crippen molar-refractivity contribution in [2.45, 2.75) is 45.1 Å². The van der Waals surface area contributed by atoms with E-state index in [4.69, 9.17) is 5.73 Å². The van der Waals surface area contributed by atoms with E-state index in [9.17, 15) is 4.79 Å². The molecule has 1 aliphatic carbocycles. The van der Waals surface area contributed by atoms with Crippen LogP contribution in [0, 0.1) is 13.8 Å². The fraction of sp³-hybridized carbons (Fsp3) is 0.467. The Morgan fingerprint density at radius 2 is 1.95 bits per heavy atom. The summed E-state index contributed by atoms with van der Waals surface area (Å²) in [5.74, 6) is -0.0948. The number of aromatic nitrogens is 1. The van der Waals surface area contributed by atoms with Crippen molar-refractivity contribution in [3.05, 3.63) is 21.9 Å². The summed E-state index contributed by atoms with van der Waals surface area (Å²) in [6, 6.07) is 4.17. The minimum Gasteiger partial charge on any atom is -0.317 e. The number of thiazole rings is 1. The van der Waals surface area contributed by atoms with E-state index in [2.05, 4.69) is 29.4 Å². The largest absolute Gasteiger partial charge is 0.317 e. The number of thiophene rings is 1. The van der Waals surface area contributed by atoms with E-state index in [1.807, 2.05) is 6.92 Å². The van der Waals surface area contributed by atoms with Gasteiger partial charge in [-0.15, -0.1) is 35.1 Å². The van der Waals surface area contributed by atoms with Crippen LogP contribution in [0.5, 0.6) is 0 Å². The highest BCUT2D eigenvalue weighted by atomic mass is 35.5. The predicted octanol–water partition coefficient (Wildman–Crippen LogP) is 4.12. The smallest absolute Gasteiger partial charge is 0.246 e. The first-order valence-electron chi connectivity index (χ1n) is 7.12. The molecule has 120 valence electrons. The number of anilines is 1. The molecule has 1 fully saturated rings. The summed E-state index contributed by atoms with van der Waals surface area (Å²) in [5.41, 5.74) is 6.43. The van der Waals surface area contributed by atoms with Crippen molar-refractivity contribution in [1.82, 2.24) is 4.98 Å². The summed E-state index contributed by atoms with van der Waals surface area (Å²) in [7, 11) is 0. The molecule has 3 N–H and O–H groups in total. The number of halogens is 1. The molecule has 1 amide bonds. The van der Waals surface area contributed by atoms with E-state index in [1.54, 1.807) is 11.3 Å². The quantitative estimate of drug-likeness (QED) is 0.868. The molecule has 2 heterocycles. The van der Waals surface area contributed by atoms with Gasteiger partial charge in [0.25, 0.3) is 0 Å². The van der Waals surface area contributed by atoms with Crippen molar-refractivity contribution in [2.24, 2.45) is 5.73 Å². The van der Waals surface area contributed by atoms with Crippen molar-refractivity contribution >= 4 is 46.1 Å². The maximum absolute atomic E-state index is 12.3. The Kier molecular flexibility index (Phi) is 5.27. The highest BCUT2D eigenvalue weighted by Crippen LogP contribution is 2.35. The summed E-state index contributed by atoms with van der Waals surface area (Å²) < 4.78 is 0. The van der Waals surface area contributed by atoms with Gasteiger partial charge in [-0.05, 0) is 38.8 Å². The molecule has 1 saturated carbocycles. The molecule has 0 aliphatic heterocycles. The van der Waals surface area contributed by atoms with Gasteiger partial charge in [0.05, 0.1) is 16.1 Å². The second kappa shape index (κ2) is 6.66. The number of hydrogen-bond donors (Lipinski definition) is 2. The Morgan fingerprint density at radius 1 is 1.27 bits per heavy atom. The van der Waals surface area contributed by atoms with Crippen LogP contribution in [0.25, 0.3) is 10.6 Å². The number of nitrogens with two attached hydrogens (primary N) is 1. The number of aryl methyl sites for hydroxylation is 2. The fourth-order valence-electron chi connectivity index (χ4n) is 2.69. The molecule has 4 nitrogen and oxygen atoms in total. The Bertz CT molecular complexity index is 674. The average molecular weight is 358 g/mol. The lowest BCUT2D eigenvalue weighted by Gasteiger charge is -2.21. The van der Waals surface area contributed by atoms with Crippen molar-refractivity contribution < 1.29 is 4.79 Å². The Balaban J connectivity index is 0.00000176. The molecule has 0 bridgehead atoms. The van der Waals surface area contributed by atoms with Crippen molar-refractivity contribution in [3.63, 3.8) is 0 Å². The minimum atomic E-state index is -0.709. The molecule has 0 unspecified atom stereocenters. The van der Waals surface area contributed by atoms with Gasteiger partial charge in [0.15, 0.2) is 5.13 Å². The van der Waals surface area contributed by atoms with E-state index >= 15 is 0 Å². The van der Waals surface area contributed by atoms with Crippen molar-refractivity contribution in [1.29, 1.82) is 0 Å². The number of hydrogen-bond acceptors (Lipinski definition) is 5. The number of nitrogens with one attached hydrogen (secondary N) is 1. The van der Waals surface area contributed by atoms with Gasteiger partial charge in [-0.3, -0.25) is 4.79 Å². The number of rotatable bonds is 3. The Hall–Kier alpha value is -0.950. The van der Waals surface area contributed by atoms with E-state index < -0.39 is 5.54 Å². The number of amides is 1. The predicted molar refractivity (Wildman–Crippen MR) is 96.2 cm³/mol. The summed E-state index contributed by atoms with van der Waals surface area (Å²) in [6.45, 7) is 4.11. The molecule has 0 atom stereocenters. The average Bonchev–Trinajstić information content (AvgIpc) is 3.12.